The highest BCUT2D eigenvalue weighted by molar-refractivity contribution is 5.92. The molecule has 0 saturated heterocycles. The number of benzene rings is 1. The van der Waals surface area contributed by atoms with Gasteiger partial charge < -0.3 is 5.73 Å². The third-order valence-corrected chi connectivity index (χ3v) is 6.38. The zero-order chi connectivity index (χ0) is 21.8. The number of fused-ring (bicyclic) bond motifs is 2. The number of nitrogens with two attached hydrogens (primary N) is 1. The van der Waals surface area contributed by atoms with Gasteiger partial charge in [0.25, 0.3) is 0 Å². The molecule has 4 aromatic rings. The molecule has 31 heavy (non-hydrogen) atoms. The van der Waals surface area contributed by atoms with Crippen LogP contribution in [-0.2, 0) is 12.8 Å². The van der Waals surface area contributed by atoms with Crippen LogP contribution in [0.15, 0.2) is 42.7 Å². The largest absolute Gasteiger partial charge is 0.366 e. The molecule has 7 heteroatoms. The second-order valence-electron chi connectivity index (χ2n) is 9.28. The SMILES string of the molecule is CC(c1ccc(C(N)=O)cc1)n1cc2cc(-c3n[nH]c4c3CCC(C)(C)C4)cnc2n1. The molecule has 3 heterocycles. The van der Waals surface area contributed by atoms with Gasteiger partial charge in [-0.05, 0) is 55.4 Å². The molecule has 3 aromatic heterocycles. The minimum Gasteiger partial charge on any atom is -0.366 e. The molecule has 0 aliphatic heterocycles. The highest BCUT2D eigenvalue weighted by Gasteiger charge is 2.29. The van der Waals surface area contributed by atoms with Crippen LogP contribution >= 0.6 is 0 Å². The van der Waals surface area contributed by atoms with E-state index in [1.165, 1.54) is 11.3 Å². The molecule has 1 aromatic carbocycles. The molecule has 1 aliphatic carbocycles. The fourth-order valence-electron chi connectivity index (χ4n) is 4.43. The van der Waals surface area contributed by atoms with Gasteiger partial charge in [0.2, 0.25) is 5.91 Å². The first kappa shape index (κ1) is 19.5. The first-order chi connectivity index (χ1) is 14.8. The Hall–Kier alpha value is -3.48. The van der Waals surface area contributed by atoms with E-state index < -0.39 is 5.91 Å². The molecule has 0 bridgehead atoms. The average molecular weight is 415 g/mol. The van der Waals surface area contributed by atoms with Crippen LogP contribution in [0.4, 0.5) is 0 Å². The van der Waals surface area contributed by atoms with Crippen LogP contribution in [0.3, 0.4) is 0 Å². The van der Waals surface area contributed by atoms with E-state index in [0.717, 1.165) is 41.5 Å². The first-order valence-electron chi connectivity index (χ1n) is 10.6. The quantitative estimate of drug-likeness (QED) is 0.526. The molecule has 1 aliphatic rings. The molecule has 7 nitrogen and oxygen atoms in total. The maximum atomic E-state index is 11.3. The van der Waals surface area contributed by atoms with Gasteiger partial charge in [-0.15, -0.1) is 0 Å². The number of nitrogens with zero attached hydrogens (tertiary/aromatic N) is 4. The molecule has 1 amide bonds. The van der Waals surface area contributed by atoms with Crippen molar-refractivity contribution in [1.82, 2.24) is 25.0 Å². The summed E-state index contributed by atoms with van der Waals surface area (Å²) < 4.78 is 1.91. The maximum Gasteiger partial charge on any atom is 0.248 e. The van der Waals surface area contributed by atoms with Crippen LogP contribution in [-0.4, -0.2) is 30.9 Å². The second kappa shape index (κ2) is 7.04. The van der Waals surface area contributed by atoms with Crippen LogP contribution in [0.1, 0.15) is 60.4 Å². The predicted octanol–water partition coefficient (Wildman–Crippen LogP) is 4.04. The minimum atomic E-state index is -0.426. The Morgan fingerprint density at radius 3 is 2.77 bits per heavy atom. The molecule has 0 spiro atoms. The molecule has 1 unspecified atom stereocenters. The average Bonchev–Trinajstić information content (AvgIpc) is 3.35. The molecular weight excluding hydrogens is 388 g/mol. The van der Waals surface area contributed by atoms with Gasteiger partial charge in [0.05, 0.1) is 11.7 Å². The van der Waals surface area contributed by atoms with E-state index in [2.05, 4.69) is 47.1 Å². The van der Waals surface area contributed by atoms with E-state index in [-0.39, 0.29) is 6.04 Å². The number of nitrogens with one attached hydrogen (secondary N) is 1. The van der Waals surface area contributed by atoms with Gasteiger partial charge in [-0.3, -0.25) is 14.6 Å². The van der Waals surface area contributed by atoms with Crippen LogP contribution in [0.25, 0.3) is 22.3 Å². The van der Waals surface area contributed by atoms with E-state index in [0.29, 0.717) is 16.6 Å². The number of H-pyrrole nitrogens is 1. The highest BCUT2D eigenvalue weighted by atomic mass is 16.1. The Morgan fingerprint density at radius 2 is 2.03 bits per heavy atom. The fraction of sp³-hybridized carbons (Fsp3) is 0.333. The Labute approximate surface area is 180 Å². The van der Waals surface area contributed by atoms with Crippen molar-refractivity contribution in [1.29, 1.82) is 0 Å². The predicted molar refractivity (Wildman–Crippen MR) is 120 cm³/mol. The lowest BCUT2D eigenvalue weighted by molar-refractivity contribution is 0.1000. The molecule has 1 atom stereocenters. The number of pyridine rings is 1. The molecule has 0 saturated carbocycles. The van der Waals surface area contributed by atoms with Crippen LogP contribution in [0, 0.1) is 5.41 Å². The lowest BCUT2D eigenvalue weighted by atomic mass is 9.76. The van der Waals surface area contributed by atoms with Crippen molar-refractivity contribution in [3.63, 3.8) is 0 Å². The zero-order valence-electron chi connectivity index (χ0n) is 18.0. The molecule has 5 rings (SSSR count). The van der Waals surface area contributed by atoms with Crippen molar-refractivity contribution in [2.45, 2.75) is 46.1 Å². The third kappa shape index (κ3) is 3.50. The van der Waals surface area contributed by atoms with Crippen molar-refractivity contribution >= 4 is 16.9 Å². The molecule has 3 N–H and O–H groups in total. The zero-order valence-corrected chi connectivity index (χ0v) is 18.0. The molecule has 0 radical (unpaired) electrons. The van der Waals surface area contributed by atoms with Crippen LogP contribution in [0.2, 0.25) is 0 Å². The summed E-state index contributed by atoms with van der Waals surface area (Å²) in [5.41, 5.74) is 12.5. The number of hydrogen-bond acceptors (Lipinski definition) is 4. The Morgan fingerprint density at radius 1 is 1.26 bits per heavy atom. The number of carbonyl (C=O) groups excluding carboxylic acids is 1. The number of hydrogen-bond donors (Lipinski definition) is 2. The highest BCUT2D eigenvalue weighted by Crippen LogP contribution is 2.38. The van der Waals surface area contributed by atoms with Gasteiger partial charge in [-0.1, -0.05) is 26.0 Å². The number of aromatic amines is 1. The maximum absolute atomic E-state index is 11.3. The Kier molecular flexibility index (Phi) is 4.43. The normalized spacial score (nSPS) is 16.2. The Balaban J connectivity index is 1.46. The van der Waals surface area contributed by atoms with E-state index >= 15 is 0 Å². The summed E-state index contributed by atoms with van der Waals surface area (Å²) in [5.74, 6) is -0.426. The fourth-order valence-corrected chi connectivity index (χ4v) is 4.43. The van der Waals surface area contributed by atoms with E-state index in [1.54, 1.807) is 12.1 Å². The summed E-state index contributed by atoms with van der Waals surface area (Å²) in [6, 6.07) is 9.43. The lowest BCUT2D eigenvalue weighted by Gasteiger charge is -2.29. The first-order valence-corrected chi connectivity index (χ1v) is 10.6. The van der Waals surface area contributed by atoms with E-state index in [9.17, 15) is 4.79 Å². The van der Waals surface area contributed by atoms with Crippen molar-refractivity contribution in [3.05, 3.63) is 65.1 Å². The van der Waals surface area contributed by atoms with Gasteiger partial charge in [-0.2, -0.15) is 10.2 Å². The third-order valence-electron chi connectivity index (χ3n) is 6.38. The summed E-state index contributed by atoms with van der Waals surface area (Å²) in [6.07, 6.45) is 7.09. The summed E-state index contributed by atoms with van der Waals surface area (Å²) in [5, 5.41) is 13.5. The van der Waals surface area contributed by atoms with Crippen molar-refractivity contribution < 1.29 is 4.79 Å². The van der Waals surface area contributed by atoms with Gasteiger partial charge in [0.1, 0.15) is 0 Å². The topological polar surface area (TPSA) is 102 Å². The standard InChI is InChI=1S/C24H26N6O/c1-14(15-4-6-16(7-5-15)22(25)31)30-13-18-10-17(12-26-23(18)29-30)21-19-8-9-24(2,3)11-20(19)27-28-21/h4-7,10,12-14H,8-9,11H2,1-3H3,(H2,25,31)(H,27,28). The van der Waals surface area contributed by atoms with Crippen molar-refractivity contribution in [2.24, 2.45) is 11.1 Å². The number of rotatable bonds is 4. The van der Waals surface area contributed by atoms with E-state index in [1.807, 2.05) is 29.2 Å². The van der Waals surface area contributed by atoms with Crippen LogP contribution < -0.4 is 5.73 Å². The molecule has 0 fully saturated rings. The minimum absolute atomic E-state index is 0.0000452. The van der Waals surface area contributed by atoms with Gasteiger partial charge in [-0.25, -0.2) is 4.98 Å². The second-order valence-corrected chi connectivity index (χ2v) is 9.28. The van der Waals surface area contributed by atoms with Gasteiger partial charge in [0.15, 0.2) is 5.65 Å². The monoisotopic (exact) mass is 414 g/mol. The van der Waals surface area contributed by atoms with Crippen LogP contribution in [0.5, 0.6) is 0 Å². The number of carbonyl (C=O) groups is 1. The molecule has 158 valence electrons. The lowest BCUT2D eigenvalue weighted by Crippen LogP contribution is -2.21. The van der Waals surface area contributed by atoms with Crippen molar-refractivity contribution in [3.8, 4) is 11.3 Å². The summed E-state index contributed by atoms with van der Waals surface area (Å²) >= 11 is 0. The summed E-state index contributed by atoms with van der Waals surface area (Å²) in [7, 11) is 0. The number of amides is 1. The number of primary amides is 1. The van der Waals surface area contributed by atoms with E-state index in [4.69, 9.17) is 5.73 Å². The van der Waals surface area contributed by atoms with Crippen molar-refractivity contribution in [2.75, 3.05) is 0 Å². The van der Waals surface area contributed by atoms with Gasteiger partial charge >= 0.3 is 0 Å². The Bertz CT molecular complexity index is 1280. The number of aromatic nitrogens is 5. The molecular formula is C24H26N6O. The summed E-state index contributed by atoms with van der Waals surface area (Å²) in [4.78, 5) is 15.9. The smallest absolute Gasteiger partial charge is 0.248 e. The van der Waals surface area contributed by atoms with Gasteiger partial charge in [0, 0.05) is 40.2 Å². The summed E-state index contributed by atoms with van der Waals surface area (Å²) in [6.45, 7) is 6.68.